The van der Waals surface area contributed by atoms with Gasteiger partial charge in [-0.1, -0.05) is 166 Å². The van der Waals surface area contributed by atoms with E-state index in [-0.39, 0.29) is 5.41 Å². The lowest BCUT2D eigenvalue weighted by molar-refractivity contribution is 0.660. The van der Waals surface area contributed by atoms with Crippen LogP contribution in [0, 0.1) is 0 Å². The summed E-state index contributed by atoms with van der Waals surface area (Å²) in [7, 11) is 0. The summed E-state index contributed by atoms with van der Waals surface area (Å²) in [6.45, 7) is 4.69. The van der Waals surface area contributed by atoms with Gasteiger partial charge in [-0.05, 0) is 90.5 Å². The molecule has 0 spiro atoms. The minimum Gasteiger partial charge on any atom is -0.277 e. The Labute approximate surface area is 335 Å². The lowest BCUT2D eigenvalue weighted by Crippen LogP contribution is -2.14. The largest absolute Gasteiger partial charge is 0.277 e. The molecule has 1 aliphatic rings. The van der Waals surface area contributed by atoms with E-state index in [0.717, 1.165) is 60.2 Å². The highest BCUT2D eigenvalue weighted by Crippen LogP contribution is 2.50. The molecular formula is C54H36N4. The van der Waals surface area contributed by atoms with Crippen LogP contribution in [0.1, 0.15) is 25.0 Å². The van der Waals surface area contributed by atoms with Gasteiger partial charge in [0.1, 0.15) is 0 Å². The zero-order chi connectivity index (χ0) is 38.5. The minimum absolute atomic E-state index is 0.127. The van der Waals surface area contributed by atoms with Crippen molar-refractivity contribution in [2.24, 2.45) is 0 Å². The number of fused-ring (bicyclic) bond motifs is 9. The molecule has 4 heteroatoms. The van der Waals surface area contributed by atoms with Gasteiger partial charge < -0.3 is 0 Å². The van der Waals surface area contributed by atoms with Crippen LogP contribution < -0.4 is 0 Å². The van der Waals surface area contributed by atoms with Crippen molar-refractivity contribution >= 4 is 54.1 Å². The number of aromatic nitrogens is 4. The molecular weight excluding hydrogens is 705 g/mol. The third kappa shape index (κ3) is 4.91. The lowest BCUT2D eigenvalue weighted by atomic mass is 9.81. The molecule has 58 heavy (non-hydrogen) atoms. The average molecular weight is 741 g/mol. The third-order valence-corrected chi connectivity index (χ3v) is 12.4. The monoisotopic (exact) mass is 740 g/mol. The molecule has 0 aliphatic heterocycles. The van der Waals surface area contributed by atoms with Crippen molar-refractivity contribution in [1.29, 1.82) is 0 Å². The van der Waals surface area contributed by atoms with Crippen LogP contribution in [-0.4, -0.2) is 19.5 Å². The smallest absolute Gasteiger partial charge is 0.238 e. The number of hydrogen-bond donors (Lipinski definition) is 0. The van der Waals surface area contributed by atoms with Crippen LogP contribution in [0.15, 0.2) is 182 Å². The van der Waals surface area contributed by atoms with Crippen LogP contribution in [0.3, 0.4) is 0 Å². The van der Waals surface area contributed by atoms with Crippen LogP contribution in [0.5, 0.6) is 0 Å². The van der Waals surface area contributed by atoms with E-state index in [1.807, 2.05) is 0 Å². The van der Waals surface area contributed by atoms with Gasteiger partial charge in [0, 0.05) is 32.9 Å². The van der Waals surface area contributed by atoms with E-state index in [1.165, 1.54) is 38.4 Å². The molecule has 0 radical (unpaired) electrons. The fourth-order valence-corrected chi connectivity index (χ4v) is 9.44. The summed E-state index contributed by atoms with van der Waals surface area (Å²) in [5.41, 5.74) is 11.5. The highest BCUT2D eigenvalue weighted by molar-refractivity contribution is 6.17. The SMILES string of the molecule is CC1(C)c2ccccc2-c2ccc(-c3cccc4c5cc6ccccc6cc5n(-c5nc(-c6ccc7ccccc7c6)nc(-c6ccc7ccccc7c6)n5)c34)cc21. The standard InChI is InChI=1S/C54H36N4/c1-54(2)47-21-10-9-18-43(47)44-27-26-39(31-48(44)54)42-19-11-20-45-46-30-37-16-7-8-17-38(37)32-49(46)58(50(42)45)53-56-51(40-24-22-33-12-3-5-14-35(33)28-40)55-52(57-53)41-25-23-34-13-4-6-15-36(34)29-41/h3-32H,1-2H3. The second-order valence-electron chi connectivity index (χ2n) is 16.1. The molecule has 0 atom stereocenters. The van der Waals surface area contributed by atoms with Crippen LogP contribution in [-0.2, 0) is 5.41 Å². The Balaban J connectivity index is 1.17. The predicted molar refractivity (Wildman–Crippen MR) is 241 cm³/mol. The molecule has 0 fully saturated rings. The number of para-hydroxylation sites is 1. The van der Waals surface area contributed by atoms with Crippen LogP contribution in [0.25, 0.3) is 105 Å². The van der Waals surface area contributed by atoms with E-state index in [9.17, 15) is 0 Å². The highest BCUT2D eigenvalue weighted by atomic mass is 15.2. The van der Waals surface area contributed by atoms with E-state index in [0.29, 0.717) is 17.6 Å². The van der Waals surface area contributed by atoms with Crippen molar-refractivity contribution in [1.82, 2.24) is 19.5 Å². The van der Waals surface area contributed by atoms with Crippen molar-refractivity contribution in [3.05, 3.63) is 193 Å². The van der Waals surface area contributed by atoms with Crippen molar-refractivity contribution in [3.63, 3.8) is 0 Å². The number of hydrogen-bond acceptors (Lipinski definition) is 3. The van der Waals surface area contributed by atoms with Gasteiger partial charge in [-0.3, -0.25) is 4.57 Å². The molecule has 2 heterocycles. The fraction of sp³-hybridized carbons (Fsp3) is 0.0556. The van der Waals surface area contributed by atoms with Crippen molar-refractivity contribution in [2.75, 3.05) is 0 Å². The summed E-state index contributed by atoms with van der Waals surface area (Å²) in [4.78, 5) is 16.0. The Morgan fingerprint density at radius 3 is 1.59 bits per heavy atom. The molecule has 0 saturated heterocycles. The maximum absolute atomic E-state index is 5.40. The number of benzene rings is 9. The third-order valence-electron chi connectivity index (χ3n) is 12.4. The summed E-state index contributed by atoms with van der Waals surface area (Å²) >= 11 is 0. The second kappa shape index (κ2) is 12.3. The van der Waals surface area contributed by atoms with E-state index in [2.05, 4.69) is 200 Å². The minimum atomic E-state index is -0.127. The van der Waals surface area contributed by atoms with Crippen molar-refractivity contribution in [3.8, 4) is 51.0 Å². The Morgan fingerprint density at radius 2 is 0.914 bits per heavy atom. The van der Waals surface area contributed by atoms with Crippen LogP contribution in [0.4, 0.5) is 0 Å². The summed E-state index contributed by atoms with van der Waals surface area (Å²) in [6, 6.07) is 65.6. The van der Waals surface area contributed by atoms with E-state index in [4.69, 9.17) is 15.0 Å². The summed E-state index contributed by atoms with van der Waals surface area (Å²) < 4.78 is 2.29. The van der Waals surface area contributed by atoms with Crippen molar-refractivity contribution in [2.45, 2.75) is 19.3 Å². The number of rotatable bonds is 4. The molecule has 0 bridgehead atoms. The normalized spacial score (nSPS) is 13.1. The predicted octanol–water partition coefficient (Wildman–Crippen LogP) is 13.7. The molecule has 272 valence electrons. The van der Waals surface area contributed by atoms with E-state index in [1.54, 1.807) is 0 Å². The summed E-state index contributed by atoms with van der Waals surface area (Å²) in [5.74, 6) is 1.84. The van der Waals surface area contributed by atoms with Crippen LogP contribution >= 0.6 is 0 Å². The van der Waals surface area contributed by atoms with Crippen LogP contribution in [0.2, 0.25) is 0 Å². The van der Waals surface area contributed by atoms with E-state index < -0.39 is 0 Å². The maximum atomic E-state index is 5.40. The molecule has 9 aromatic carbocycles. The van der Waals surface area contributed by atoms with Gasteiger partial charge in [0.05, 0.1) is 11.0 Å². The van der Waals surface area contributed by atoms with Gasteiger partial charge >= 0.3 is 0 Å². The van der Waals surface area contributed by atoms with Gasteiger partial charge in [0.15, 0.2) is 11.6 Å². The second-order valence-corrected chi connectivity index (χ2v) is 16.1. The Morgan fingerprint density at radius 1 is 0.379 bits per heavy atom. The van der Waals surface area contributed by atoms with Crippen molar-refractivity contribution < 1.29 is 0 Å². The molecule has 0 saturated carbocycles. The summed E-state index contributed by atoms with van der Waals surface area (Å²) in [5, 5.41) is 9.30. The molecule has 2 aromatic heterocycles. The molecule has 0 N–H and O–H groups in total. The van der Waals surface area contributed by atoms with Gasteiger partial charge in [0.2, 0.25) is 5.95 Å². The lowest BCUT2D eigenvalue weighted by Gasteiger charge is -2.22. The Kier molecular flexibility index (Phi) is 6.94. The summed E-state index contributed by atoms with van der Waals surface area (Å²) in [6.07, 6.45) is 0. The average Bonchev–Trinajstić information content (AvgIpc) is 3.72. The number of nitrogens with zero attached hydrogens (tertiary/aromatic N) is 4. The van der Waals surface area contributed by atoms with Gasteiger partial charge in [-0.25, -0.2) is 4.98 Å². The van der Waals surface area contributed by atoms with Gasteiger partial charge in [-0.2, -0.15) is 9.97 Å². The van der Waals surface area contributed by atoms with E-state index >= 15 is 0 Å². The molecule has 11 aromatic rings. The first-order valence-corrected chi connectivity index (χ1v) is 19.9. The zero-order valence-electron chi connectivity index (χ0n) is 32.1. The molecule has 0 unspecified atom stereocenters. The molecule has 12 rings (SSSR count). The molecule has 1 aliphatic carbocycles. The highest BCUT2D eigenvalue weighted by Gasteiger charge is 2.35. The van der Waals surface area contributed by atoms with Gasteiger partial charge in [-0.15, -0.1) is 0 Å². The Hall–Kier alpha value is -7.43. The maximum Gasteiger partial charge on any atom is 0.238 e. The first kappa shape index (κ1) is 32.8. The Bertz CT molecular complexity index is 3400. The fourth-order valence-electron chi connectivity index (χ4n) is 9.44. The first-order valence-electron chi connectivity index (χ1n) is 19.9. The first-order chi connectivity index (χ1) is 28.5. The van der Waals surface area contributed by atoms with Gasteiger partial charge in [0.25, 0.3) is 0 Å². The zero-order valence-corrected chi connectivity index (χ0v) is 32.1. The topological polar surface area (TPSA) is 43.6 Å². The molecule has 0 amide bonds. The quantitative estimate of drug-likeness (QED) is 0.180. The molecule has 4 nitrogen and oxygen atoms in total.